The Morgan fingerprint density at radius 3 is 2.52 bits per heavy atom. The molecule has 6 nitrogen and oxygen atoms in total. The van der Waals surface area contributed by atoms with Crippen LogP contribution < -0.4 is 15.8 Å². The van der Waals surface area contributed by atoms with Crippen LogP contribution in [0.4, 0.5) is 21.7 Å². The number of aromatic nitrogens is 2. The summed E-state index contributed by atoms with van der Waals surface area (Å²) in [6.07, 6.45) is 0. The van der Waals surface area contributed by atoms with Crippen molar-refractivity contribution in [2.24, 2.45) is 0 Å². The standard InChI is InChI=1S/C22H23FN4O2/c1-4-26(18-8-6-5-7-9-18)21(29)14-27-20(28)13-16(3)24-22(27)25-17-10-11-19(23)15(2)12-17/h5-13H,4,14H2,1-3H3,(H,24,25). The largest absolute Gasteiger partial charge is 0.326 e. The summed E-state index contributed by atoms with van der Waals surface area (Å²) in [7, 11) is 0. The van der Waals surface area contributed by atoms with Crippen LogP contribution in [-0.2, 0) is 11.3 Å². The zero-order valence-electron chi connectivity index (χ0n) is 16.6. The number of anilines is 3. The molecule has 0 atom stereocenters. The van der Waals surface area contributed by atoms with Gasteiger partial charge in [0.2, 0.25) is 11.9 Å². The molecule has 0 unspecified atom stereocenters. The molecule has 1 amide bonds. The number of carbonyl (C=O) groups is 1. The highest BCUT2D eigenvalue weighted by Crippen LogP contribution is 2.19. The van der Waals surface area contributed by atoms with Crippen LogP contribution in [0, 0.1) is 19.7 Å². The van der Waals surface area contributed by atoms with Gasteiger partial charge in [-0.15, -0.1) is 0 Å². The minimum absolute atomic E-state index is 0.169. The molecule has 0 aliphatic heterocycles. The smallest absolute Gasteiger partial charge is 0.255 e. The second-order valence-electron chi connectivity index (χ2n) is 6.71. The third kappa shape index (κ3) is 4.68. The van der Waals surface area contributed by atoms with Gasteiger partial charge in [0, 0.05) is 29.7 Å². The number of aryl methyl sites for hydroxylation is 2. The third-order valence-electron chi connectivity index (χ3n) is 4.53. The zero-order chi connectivity index (χ0) is 21.0. The number of benzene rings is 2. The van der Waals surface area contributed by atoms with Crippen molar-refractivity contribution in [3.63, 3.8) is 0 Å². The van der Waals surface area contributed by atoms with Gasteiger partial charge in [0.25, 0.3) is 5.56 Å². The molecule has 2 aromatic carbocycles. The Balaban J connectivity index is 1.93. The number of halogens is 1. The summed E-state index contributed by atoms with van der Waals surface area (Å²) >= 11 is 0. The van der Waals surface area contributed by atoms with E-state index in [2.05, 4.69) is 10.3 Å². The molecule has 3 rings (SSSR count). The summed E-state index contributed by atoms with van der Waals surface area (Å²) in [5.41, 5.74) is 2.00. The van der Waals surface area contributed by atoms with Crippen LogP contribution in [0.15, 0.2) is 59.4 Å². The SMILES string of the molecule is CCN(C(=O)Cn1c(Nc2ccc(F)c(C)c2)nc(C)cc1=O)c1ccccc1. The van der Waals surface area contributed by atoms with Gasteiger partial charge >= 0.3 is 0 Å². The van der Waals surface area contributed by atoms with Crippen LogP contribution in [0.25, 0.3) is 0 Å². The van der Waals surface area contributed by atoms with E-state index in [1.807, 2.05) is 37.3 Å². The van der Waals surface area contributed by atoms with Gasteiger partial charge in [0.1, 0.15) is 12.4 Å². The molecule has 0 spiro atoms. The Hall–Kier alpha value is -3.48. The van der Waals surface area contributed by atoms with Crippen molar-refractivity contribution in [1.29, 1.82) is 0 Å². The molecule has 3 aromatic rings. The van der Waals surface area contributed by atoms with Crippen molar-refractivity contribution >= 4 is 23.2 Å². The number of nitrogens with one attached hydrogen (secondary N) is 1. The van der Waals surface area contributed by atoms with E-state index in [1.165, 1.54) is 16.7 Å². The van der Waals surface area contributed by atoms with Gasteiger partial charge in [-0.25, -0.2) is 9.37 Å². The Labute approximate surface area is 168 Å². The number of carbonyl (C=O) groups excluding carboxylic acids is 1. The monoisotopic (exact) mass is 394 g/mol. The molecular formula is C22H23FN4O2. The second kappa shape index (κ2) is 8.68. The first-order chi connectivity index (χ1) is 13.9. The highest BCUT2D eigenvalue weighted by molar-refractivity contribution is 5.93. The van der Waals surface area contributed by atoms with E-state index in [0.717, 1.165) is 5.69 Å². The van der Waals surface area contributed by atoms with Crippen molar-refractivity contribution in [2.45, 2.75) is 27.3 Å². The minimum Gasteiger partial charge on any atom is -0.326 e. The summed E-state index contributed by atoms with van der Waals surface area (Å²) in [5, 5.41) is 3.04. The van der Waals surface area contributed by atoms with E-state index >= 15 is 0 Å². The first-order valence-corrected chi connectivity index (χ1v) is 9.36. The van der Waals surface area contributed by atoms with Gasteiger partial charge in [-0.2, -0.15) is 0 Å². The molecule has 7 heteroatoms. The quantitative estimate of drug-likeness (QED) is 0.691. The van der Waals surface area contributed by atoms with Gasteiger partial charge in [-0.1, -0.05) is 18.2 Å². The van der Waals surface area contributed by atoms with Crippen LogP contribution in [0.3, 0.4) is 0 Å². The predicted molar refractivity (Wildman–Crippen MR) is 112 cm³/mol. The molecule has 0 fully saturated rings. The lowest BCUT2D eigenvalue weighted by atomic mass is 10.2. The summed E-state index contributed by atoms with van der Waals surface area (Å²) < 4.78 is 14.8. The molecule has 29 heavy (non-hydrogen) atoms. The van der Waals surface area contributed by atoms with E-state index in [0.29, 0.717) is 23.5 Å². The number of amides is 1. The molecular weight excluding hydrogens is 371 g/mol. The number of nitrogens with zero attached hydrogens (tertiary/aromatic N) is 3. The number of likely N-dealkylation sites (N-methyl/N-ethyl adjacent to an activating group) is 1. The fraction of sp³-hybridized carbons (Fsp3) is 0.227. The second-order valence-corrected chi connectivity index (χ2v) is 6.71. The van der Waals surface area contributed by atoms with Gasteiger partial charge in [0.15, 0.2) is 0 Å². The van der Waals surface area contributed by atoms with E-state index < -0.39 is 0 Å². The molecule has 0 aliphatic carbocycles. The lowest BCUT2D eigenvalue weighted by molar-refractivity contribution is -0.119. The number of hydrogen-bond acceptors (Lipinski definition) is 4. The zero-order valence-corrected chi connectivity index (χ0v) is 16.6. The maximum atomic E-state index is 13.6. The predicted octanol–water partition coefficient (Wildman–Crippen LogP) is 3.80. The van der Waals surface area contributed by atoms with Crippen molar-refractivity contribution < 1.29 is 9.18 Å². The summed E-state index contributed by atoms with van der Waals surface area (Å²) in [4.78, 5) is 31.5. The highest BCUT2D eigenvalue weighted by atomic mass is 19.1. The van der Waals surface area contributed by atoms with Gasteiger partial charge in [0.05, 0.1) is 0 Å². The van der Waals surface area contributed by atoms with Crippen LogP contribution >= 0.6 is 0 Å². The van der Waals surface area contributed by atoms with Gasteiger partial charge < -0.3 is 10.2 Å². The van der Waals surface area contributed by atoms with E-state index in [9.17, 15) is 14.0 Å². The maximum absolute atomic E-state index is 13.6. The van der Waals surface area contributed by atoms with E-state index in [1.54, 1.807) is 30.9 Å². The van der Waals surface area contributed by atoms with Crippen molar-refractivity contribution in [1.82, 2.24) is 9.55 Å². The van der Waals surface area contributed by atoms with Gasteiger partial charge in [-0.05, 0) is 56.7 Å². The minimum atomic E-state index is -0.337. The fourth-order valence-electron chi connectivity index (χ4n) is 3.05. The Morgan fingerprint density at radius 2 is 1.86 bits per heavy atom. The normalized spacial score (nSPS) is 10.6. The first-order valence-electron chi connectivity index (χ1n) is 9.36. The number of hydrogen-bond donors (Lipinski definition) is 1. The first kappa shape index (κ1) is 20.3. The molecule has 0 aliphatic rings. The molecule has 1 heterocycles. The average molecular weight is 394 g/mol. The Kier molecular flexibility index (Phi) is 6.07. The van der Waals surface area contributed by atoms with Crippen LogP contribution in [-0.4, -0.2) is 22.0 Å². The van der Waals surface area contributed by atoms with E-state index in [-0.39, 0.29) is 29.8 Å². The molecule has 0 bridgehead atoms. The highest BCUT2D eigenvalue weighted by Gasteiger charge is 2.18. The lowest BCUT2D eigenvalue weighted by Crippen LogP contribution is -2.37. The summed E-state index contributed by atoms with van der Waals surface area (Å²) in [6, 6.07) is 15.2. The van der Waals surface area contributed by atoms with E-state index in [4.69, 9.17) is 0 Å². The molecule has 1 aromatic heterocycles. The number of para-hydroxylation sites is 1. The molecule has 0 radical (unpaired) electrons. The maximum Gasteiger partial charge on any atom is 0.255 e. The average Bonchev–Trinajstić information content (AvgIpc) is 2.69. The number of rotatable bonds is 6. The van der Waals surface area contributed by atoms with Crippen LogP contribution in [0.2, 0.25) is 0 Å². The molecule has 0 saturated heterocycles. The van der Waals surface area contributed by atoms with Crippen LogP contribution in [0.1, 0.15) is 18.2 Å². The molecule has 1 N–H and O–H groups in total. The van der Waals surface area contributed by atoms with Gasteiger partial charge in [-0.3, -0.25) is 14.2 Å². The van der Waals surface area contributed by atoms with Crippen LogP contribution in [0.5, 0.6) is 0 Å². The van der Waals surface area contributed by atoms with Crippen molar-refractivity contribution in [2.75, 3.05) is 16.8 Å². The third-order valence-corrected chi connectivity index (χ3v) is 4.53. The fourth-order valence-corrected chi connectivity index (χ4v) is 3.05. The van der Waals surface area contributed by atoms with Crippen molar-refractivity contribution in [3.05, 3.63) is 82.0 Å². The summed E-state index contributed by atoms with van der Waals surface area (Å²) in [5.74, 6) is -0.315. The Bertz CT molecular complexity index is 1080. The molecule has 0 saturated carbocycles. The summed E-state index contributed by atoms with van der Waals surface area (Å²) in [6.45, 7) is 5.53. The topological polar surface area (TPSA) is 67.2 Å². The Morgan fingerprint density at radius 1 is 1.14 bits per heavy atom. The lowest BCUT2D eigenvalue weighted by Gasteiger charge is -2.22. The van der Waals surface area contributed by atoms with Crippen molar-refractivity contribution in [3.8, 4) is 0 Å². The molecule has 150 valence electrons.